The predicted molar refractivity (Wildman–Crippen MR) is 63.2 cm³/mol. The van der Waals surface area contributed by atoms with Crippen molar-refractivity contribution in [1.29, 1.82) is 0 Å². The molecule has 17 heavy (non-hydrogen) atoms. The first kappa shape index (κ1) is 13.4. The summed E-state index contributed by atoms with van der Waals surface area (Å²) in [6, 6.07) is 1.38. The van der Waals surface area contributed by atoms with Gasteiger partial charge in [-0.15, -0.1) is 0 Å². The first-order valence-electron chi connectivity index (χ1n) is 4.77. The van der Waals surface area contributed by atoms with E-state index in [4.69, 9.17) is 5.11 Å². The van der Waals surface area contributed by atoms with Gasteiger partial charge in [-0.05, 0) is 26.3 Å². The average molecular weight is 256 g/mol. The molecule has 0 aliphatic heterocycles. The zero-order valence-electron chi connectivity index (χ0n) is 9.63. The number of hydrogen-bond donors (Lipinski definition) is 1. The Morgan fingerprint density at radius 3 is 2.59 bits per heavy atom. The van der Waals surface area contributed by atoms with Crippen molar-refractivity contribution in [2.24, 2.45) is 0 Å². The number of aliphatic carboxylic acids is 1. The lowest BCUT2D eigenvalue weighted by molar-refractivity contribution is -0.385. The Hall–Kier alpha value is -1.63. The number of hydrogen-bond acceptors (Lipinski definition) is 5. The van der Waals surface area contributed by atoms with Gasteiger partial charge in [0.15, 0.2) is 0 Å². The lowest BCUT2D eigenvalue weighted by Gasteiger charge is -2.18. The topological polar surface area (TPSA) is 93.3 Å². The maximum absolute atomic E-state index is 11.0. The highest BCUT2D eigenvalue weighted by atomic mass is 32.2. The number of aromatic nitrogens is 1. The van der Waals surface area contributed by atoms with Gasteiger partial charge in [0.05, 0.1) is 4.92 Å². The van der Waals surface area contributed by atoms with Crippen LogP contribution in [-0.2, 0) is 4.79 Å². The van der Waals surface area contributed by atoms with Crippen molar-refractivity contribution in [3.05, 3.63) is 27.9 Å². The molecule has 1 heterocycles. The Morgan fingerprint density at radius 2 is 2.18 bits per heavy atom. The molecule has 0 saturated carbocycles. The number of thioether (sulfide) groups is 1. The van der Waals surface area contributed by atoms with Crippen LogP contribution in [0.4, 0.5) is 5.69 Å². The summed E-state index contributed by atoms with van der Waals surface area (Å²) in [4.78, 5) is 24.9. The van der Waals surface area contributed by atoms with E-state index in [0.29, 0.717) is 10.6 Å². The number of carboxylic acids is 1. The summed E-state index contributed by atoms with van der Waals surface area (Å²) in [5.74, 6) is -0.956. The maximum atomic E-state index is 11.0. The molecule has 0 unspecified atom stereocenters. The van der Waals surface area contributed by atoms with E-state index in [9.17, 15) is 14.9 Å². The van der Waals surface area contributed by atoms with Crippen molar-refractivity contribution in [2.45, 2.75) is 30.5 Å². The second-order valence-corrected chi connectivity index (χ2v) is 5.60. The number of aryl methyl sites for hydroxylation is 1. The fourth-order valence-electron chi connectivity index (χ4n) is 1.04. The van der Waals surface area contributed by atoms with E-state index >= 15 is 0 Å². The van der Waals surface area contributed by atoms with Gasteiger partial charge in [-0.25, -0.2) is 4.98 Å². The molecule has 0 aliphatic rings. The van der Waals surface area contributed by atoms with E-state index < -0.39 is 15.6 Å². The Kier molecular flexibility index (Phi) is 3.72. The van der Waals surface area contributed by atoms with Crippen LogP contribution in [0.1, 0.15) is 19.4 Å². The van der Waals surface area contributed by atoms with Crippen LogP contribution >= 0.6 is 11.8 Å². The Morgan fingerprint density at radius 1 is 1.59 bits per heavy atom. The summed E-state index contributed by atoms with van der Waals surface area (Å²) < 4.78 is -1.02. The molecule has 1 aromatic heterocycles. The van der Waals surface area contributed by atoms with Crippen LogP contribution in [0.15, 0.2) is 17.3 Å². The van der Waals surface area contributed by atoms with E-state index in [2.05, 4.69) is 4.98 Å². The van der Waals surface area contributed by atoms with E-state index in [0.717, 1.165) is 18.0 Å². The second-order valence-electron chi connectivity index (χ2n) is 3.99. The minimum atomic E-state index is -1.02. The minimum Gasteiger partial charge on any atom is -0.480 e. The summed E-state index contributed by atoms with van der Waals surface area (Å²) in [6.45, 7) is 4.78. The molecule has 6 nitrogen and oxygen atoms in total. The van der Waals surface area contributed by atoms with Crippen molar-refractivity contribution in [3.63, 3.8) is 0 Å². The SMILES string of the molecule is Cc1cc([N+](=O)[O-])cnc1SC(C)(C)C(=O)O. The van der Waals surface area contributed by atoms with E-state index in [-0.39, 0.29) is 5.69 Å². The molecule has 0 amide bonds. The van der Waals surface area contributed by atoms with Crippen LogP contribution in [0, 0.1) is 17.0 Å². The highest BCUT2D eigenvalue weighted by Gasteiger charge is 2.30. The van der Waals surface area contributed by atoms with E-state index in [1.54, 1.807) is 20.8 Å². The van der Waals surface area contributed by atoms with Gasteiger partial charge in [0.2, 0.25) is 0 Å². The number of carboxylic acid groups (broad SMARTS) is 1. The highest BCUT2D eigenvalue weighted by molar-refractivity contribution is 8.01. The zero-order chi connectivity index (χ0) is 13.2. The van der Waals surface area contributed by atoms with Crippen molar-refractivity contribution in [2.75, 3.05) is 0 Å². The van der Waals surface area contributed by atoms with Crippen molar-refractivity contribution >= 4 is 23.4 Å². The lowest BCUT2D eigenvalue weighted by Crippen LogP contribution is -2.27. The van der Waals surface area contributed by atoms with Gasteiger partial charge in [0, 0.05) is 6.07 Å². The molecule has 0 atom stereocenters. The molecule has 0 saturated heterocycles. The number of carbonyl (C=O) groups is 1. The molecular weight excluding hydrogens is 244 g/mol. The molecule has 1 aromatic rings. The maximum Gasteiger partial charge on any atom is 0.319 e. The number of rotatable bonds is 4. The van der Waals surface area contributed by atoms with Crippen LogP contribution in [0.2, 0.25) is 0 Å². The Labute approximate surface area is 102 Å². The molecule has 0 aliphatic carbocycles. The molecule has 0 spiro atoms. The first-order chi connectivity index (χ1) is 7.74. The molecule has 0 fully saturated rings. The molecule has 92 valence electrons. The van der Waals surface area contributed by atoms with Crippen LogP contribution in [-0.4, -0.2) is 25.7 Å². The zero-order valence-corrected chi connectivity index (χ0v) is 10.4. The third kappa shape index (κ3) is 3.16. The first-order valence-corrected chi connectivity index (χ1v) is 5.59. The number of nitrogens with zero attached hydrogens (tertiary/aromatic N) is 2. The molecule has 0 aromatic carbocycles. The monoisotopic (exact) mass is 256 g/mol. The fraction of sp³-hybridized carbons (Fsp3) is 0.400. The minimum absolute atomic E-state index is 0.0972. The normalized spacial score (nSPS) is 11.2. The standard InChI is InChI=1S/C10H12N2O4S/c1-6-4-7(12(15)16)5-11-8(6)17-10(2,3)9(13)14/h4-5H,1-3H3,(H,13,14). The van der Waals surface area contributed by atoms with Crippen LogP contribution < -0.4 is 0 Å². The summed E-state index contributed by atoms with van der Waals surface area (Å²) >= 11 is 1.07. The summed E-state index contributed by atoms with van der Waals surface area (Å²) in [5.41, 5.74) is 0.499. The van der Waals surface area contributed by atoms with Crippen LogP contribution in [0.25, 0.3) is 0 Å². The molecule has 1 rings (SSSR count). The third-order valence-electron chi connectivity index (χ3n) is 2.09. The van der Waals surface area contributed by atoms with Gasteiger partial charge in [0.25, 0.3) is 5.69 Å². The van der Waals surface area contributed by atoms with Gasteiger partial charge < -0.3 is 5.11 Å². The number of nitro groups is 1. The van der Waals surface area contributed by atoms with Gasteiger partial charge in [-0.3, -0.25) is 14.9 Å². The summed E-state index contributed by atoms with van der Waals surface area (Å²) in [7, 11) is 0. The molecule has 1 N–H and O–H groups in total. The van der Waals surface area contributed by atoms with Crippen LogP contribution in [0.5, 0.6) is 0 Å². The van der Waals surface area contributed by atoms with Crippen molar-refractivity contribution in [3.8, 4) is 0 Å². The Balaban J connectivity index is 3.02. The molecular formula is C10H12N2O4S. The van der Waals surface area contributed by atoms with Crippen molar-refractivity contribution in [1.82, 2.24) is 4.98 Å². The molecule has 0 bridgehead atoms. The second kappa shape index (κ2) is 4.70. The van der Waals surface area contributed by atoms with Gasteiger partial charge >= 0.3 is 5.97 Å². The Bertz CT molecular complexity index is 473. The quantitative estimate of drug-likeness (QED) is 0.504. The van der Waals surface area contributed by atoms with Gasteiger partial charge in [-0.1, -0.05) is 11.8 Å². The van der Waals surface area contributed by atoms with Crippen molar-refractivity contribution < 1.29 is 14.8 Å². The van der Waals surface area contributed by atoms with Gasteiger partial charge in [0.1, 0.15) is 16.0 Å². The van der Waals surface area contributed by atoms with Crippen LogP contribution in [0.3, 0.4) is 0 Å². The fourth-order valence-corrected chi connectivity index (χ4v) is 1.94. The van der Waals surface area contributed by atoms with Gasteiger partial charge in [-0.2, -0.15) is 0 Å². The molecule has 0 radical (unpaired) electrons. The largest absolute Gasteiger partial charge is 0.480 e. The average Bonchev–Trinajstić information content (AvgIpc) is 2.20. The highest BCUT2D eigenvalue weighted by Crippen LogP contribution is 2.34. The summed E-state index contributed by atoms with van der Waals surface area (Å²) in [6.07, 6.45) is 1.13. The third-order valence-corrected chi connectivity index (χ3v) is 3.40. The van der Waals surface area contributed by atoms with E-state index in [1.807, 2.05) is 0 Å². The number of pyridine rings is 1. The molecule has 7 heteroatoms. The van der Waals surface area contributed by atoms with E-state index in [1.165, 1.54) is 6.07 Å². The predicted octanol–water partition coefficient (Wildman–Crippen LogP) is 2.25. The lowest BCUT2D eigenvalue weighted by atomic mass is 10.2. The summed E-state index contributed by atoms with van der Waals surface area (Å²) in [5, 5.41) is 20.0. The smallest absolute Gasteiger partial charge is 0.319 e.